The van der Waals surface area contributed by atoms with Gasteiger partial charge in [-0.15, -0.1) is 0 Å². The van der Waals surface area contributed by atoms with Crippen LogP contribution in [0.15, 0.2) is 12.5 Å². The molecule has 1 fully saturated rings. The molecular weight excluding hydrogens is 246 g/mol. The first-order chi connectivity index (χ1) is 8.48. The van der Waals surface area contributed by atoms with Gasteiger partial charge in [-0.05, 0) is 30.6 Å². The van der Waals surface area contributed by atoms with Crippen LogP contribution in [-0.4, -0.2) is 23.1 Å². The molecule has 0 spiro atoms. The van der Waals surface area contributed by atoms with E-state index in [2.05, 4.69) is 35.6 Å². The Hall–Kier alpha value is -0.830. The van der Waals surface area contributed by atoms with Crippen LogP contribution in [0, 0.1) is 11.3 Å². The first kappa shape index (κ1) is 13.6. The molecule has 100 valence electrons. The lowest BCUT2D eigenvalue weighted by Crippen LogP contribution is -2.27. The Bertz CT molecular complexity index is 400. The van der Waals surface area contributed by atoms with Crippen LogP contribution in [-0.2, 0) is 0 Å². The Kier molecular flexibility index (Phi) is 4.10. The van der Waals surface area contributed by atoms with E-state index in [1.54, 1.807) is 12.5 Å². The number of anilines is 1. The maximum Gasteiger partial charge on any atom is 0.150 e. The standard InChI is InChI=1S/C14H22ClN3/c1-14(2,3)11-5-4-7-18(8-6-11)13-12(15)9-16-10-17-13/h9-11H,4-8H2,1-3H3. The summed E-state index contributed by atoms with van der Waals surface area (Å²) in [5.41, 5.74) is 0.394. The number of nitrogens with zero attached hydrogens (tertiary/aromatic N) is 3. The molecule has 1 unspecified atom stereocenters. The van der Waals surface area contributed by atoms with Crippen LogP contribution in [0.25, 0.3) is 0 Å². The molecule has 0 saturated carbocycles. The summed E-state index contributed by atoms with van der Waals surface area (Å²) in [6.07, 6.45) is 6.97. The summed E-state index contributed by atoms with van der Waals surface area (Å²) < 4.78 is 0. The summed E-state index contributed by atoms with van der Waals surface area (Å²) in [5, 5.41) is 0.659. The van der Waals surface area contributed by atoms with Crippen molar-refractivity contribution in [2.45, 2.75) is 40.0 Å². The van der Waals surface area contributed by atoms with E-state index in [1.807, 2.05) is 0 Å². The lowest BCUT2D eigenvalue weighted by atomic mass is 9.77. The Morgan fingerprint density at radius 3 is 2.72 bits per heavy atom. The van der Waals surface area contributed by atoms with Gasteiger partial charge in [0.2, 0.25) is 0 Å². The average molecular weight is 268 g/mol. The van der Waals surface area contributed by atoms with Crippen molar-refractivity contribution in [1.82, 2.24) is 9.97 Å². The number of rotatable bonds is 1. The van der Waals surface area contributed by atoms with Crippen molar-refractivity contribution in [2.24, 2.45) is 11.3 Å². The van der Waals surface area contributed by atoms with E-state index >= 15 is 0 Å². The van der Waals surface area contributed by atoms with Crippen molar-refractivity contribution in [3.8, 4) is 0 Å². The molecule has 2 rings (SSSR count). The summed E-state index contributed by atoms with van der Waals surface area (Å²) in [7, 11) is 0. The quantitative estimate of drug-likeness (QED) is 0.775. The average Bonchev–Trinajstić information content (AvgIpc) is 2.54. The molecule has 1 aromatic rings. The van der Waals surface area contributed by atoms with Crippen LogP contribution in [0.2, 0.25) is 5.02 Å². The molecule has 2 heterocycles. The molecule has 0 radical (unpaired) electrons. The highest BCUT2D eigenvalue weighted by Crippen LogP contribution is 2.35. The third-order valence-corrected chi connectivity index (χ3v) is 4.17. The van der Waals surface area contributed by atoms with Crippen molar-refractivity contribution in [3.63, 3.8) is 0 Å². The molecule has 0 N–H and O–H groups in total. The van der Waals surface area contributed by atoms with E-state index in [1.165, 1.54) is 19.3 Å². The third-order valence-electron chi connectivity index (χ3n) is 3.90. The van der Waals surface area contributed by atoms with E-state index in [0.29, 0.717) is 10.4 Å². The largest absolute Gasteiger partial charge is 0.355 e. The summed E-state index contributed by atoms with van der Waals surface area (Å²) in [4.78, 5) is 10.6. The minimum atomic E-state index is 0.394. The lowest BCUT2D eigenvalue weighted by Gasteiger charge is -2.30. The molecule has 1 aliphatic heterocycles. The Morgan fingerprint density at radius 1 is 1.28 bits per heavy atom. The molecular formula is C14H22ClN3. The van der Waals surface area contributed by atoms with Gasteiger partial charge in [-0.25, -0.2) is 9.97 Å². The second kappa shape index (κ2) is 5.43. The summed E-state index contributed by atoms with van der Waals surface area (Å²) in [6, 6.07) is 0. The van der Waals surface area contributed by atoms with Crippen molar-refractivity contribution in [1.29, 1.82) is 0 Å². The minimum Gasteiger partial charge on any atom is -0.355 e. The van der Waals surface area contributed by atoms with Crippen LogP contribution in [0.3, 0.4) is 0 Å². The number of hydrogen-bond donors (Lipinski definition) is 0. The van der Waals surface area contributed by atoms with Gasteiger partial charge < -0.3 is 4.90 Å². The van der Waals surface area contributed by atoms with Crippen molar-refractivity contribution in [2.75, 3.05) is 18.0 Å². The second-order valence-electron chi connectivity index (χ2n) is 6.18. The van der Waals surface area contributed by atoms with Gasteiger partial charge in [-0.3, -0.25) is 0 Å². The van der Waals surface area contributed by atoms with Gasteiger partial charge in [0.1, 0.15) is 11.3 Å². The molecule has 4 heteroatoms. The van der Waals surface area contributed by atoms with Gasteiger partial charge in [0.25, 0.3) is 0 Å². The Morgan fingerprint density at radius 2 is 2.06 bits per heavy atom. The van der Waals surface area contributed by atoms with Crippen molar-refractivity contribution in [3.05, 3.63) is 17.5 Å². The lowest BCUT2D eigenvalue weighted by molar-refractivity contribution is 0.220. The Balaban J connectivity index is 2.08. The fourth-order valence-electron chi connectivity index (χ4n) is 2.71. The fourth-order valence-corrected chi connectivity index (χ4v) is 2.94. The number of aromatic nitrogens is 2. The summed E-state index contributed by atoms with van der Waals surface area (Å²) in [5.74, 6) is 1.67. The minimum absolute atomic E-state index is 0.394. The molecule has 1 aliphatic rings. The zero-order valence-electron chi connectivity index (χ0n) is 11.5. The summed E-state index contributed by atoms with van der Waals surface area (Å²) in [6.45, 7) is 9.10. The van der Waals surface area contributed by atoms with Gasteiger partial charge >= 0.3 is 0 Å². The molecule has 0 aromatic carbocycles. The van der Waals surface area contributed by atoms with E-state index in [9.17, 15) is 0 Å². The van der Waals surface area contributed by atoms with E-state index in [4.69, 9.17) is 11.6 Å². The van der Waals surface area contributed by atoms with E-state index in [0.717, 1.165) is 24.8 Å². The van der Waals surface area contributed by atoms with Gasteiger partial charge in [-0.1, -0.05) is 32.4 Å². The molecule has 18 heavy (non-hydrogen) atoms. The predicted molar refractivity (Wildman–Crippen MR) is 76.1 cm³/mol. The maximum absolute atomic E-state index is 6.17. The molecule has 0 aliphatic carbocycles. The normalized spacial score (nSPS) is 21.8. The van der Waals surface area contributed by atoms with Crippen LogP contribution in [0.4, 0.5) is 5.82 Å². The predicted octanol–water partition coefficient (Wildman–Crippen LogP) is 3.78. The SMILES string of the molecule is CC(C)(C)C1CCCN(c2ncncc2Cl)CC1. The monoisotopic (exact) mass is 267 g/mol. The van der Waals surface area contributed by atoms with Crippen molar-refractivity contribution < 1.29 is 0 Å². The number of halogens is 1. The Labute approximate surface area is 115 Å². The zero-order chi connectivity index (χ0) is 13.2. The number of hydrogen-bond acceptors (Lipinski definition) is 3. The highest BCUT2D eigenvalue weighted by Gasteiger charge is 2.27. The smallest absolute Gasteiger partial charge is 0.150 e. The topological polar surface area (TPSA) is 29.0 Å². The van der Waals surface area contributed by atoms with Gasteiger partial charge in [0.15, 0.2) is 5.82 Å². The third kappa shape index (κ3) is 3.14. The van der Waals surface area contributed by atoms with Crippen molar-refractivity contribution >= 4 is 17.4 Å². The first-order valence-corrected chi connectivity index (χ1v) is 7.07. The molecule has 3 nitrogen and oxygen atoms in total. The van der Waals surface area contributed by atoms with Gasteiger partial charge in [-0.2, -0.15) is 0 Å². The summed E-state index contributed by atoms with van der Waals surface area (Å²) >= 11 is 6.17. The van der Waals surface area contributed by atoms with Crippen LogP contribution < -0.4 is 4.90 Å². The first-order valence-electron chi connectivity index (χ1n) is 6.69. The van der Waals surface area contributed by atoms with Crippen LogP contribution in [0.1, 0.15) is 40.0 Å². The fraction of sp³-hybridized carbons (Fsp3) is 0.714. The van der Waals surface area contributed by atoms with Gasteiger partial charge in [0, 0.05) is 13.1 Å². The van der Waals surface area contributed by atoms with E-state index in [-0.39, 0.29) is 0 Å². The maximum atomic E-state index is 6.17. The van der Waals surface area contributed by atoms with E-state index < -0.39 is 0 Å². The molecule has 1 saturated heterocycles. The molecule has 1 aromatic heterocycles. The second-order valence-corrected chi connectivity index (χ2v) is 6.58. The van der Waals surface area contributed by atoms with Gasteiger partial charge in [0.05, 0.1) is 6.20 Å². The molecule has 0 bridgehead atoms. The molecule has 1 atom stereocenters. The van der Waals surface area contributed by atoms with Crippen LogP contribution in [0.5, 0.6) is 0 Å². The highest BCUT2D eigenvalue weighted by molar-refractivity contribution is 6.32. The van der Waals surface area contributed by atoms with Crippen LogP contribution >= 0.6 is 11.6 Å². The zero-order valence-corrected chi connectivity index (χ0v) is 12.2. The molecule has 0 amide bonds. The highest BCUT2D eigenvalue weighted by atomic mass is 35.5.